The number of nitrogens with one attached hydrogen (secondary N) is 1. The Labute approximate surface area is 118 Å². The minimum Gasteiger partial charge on any atom is -0.383 e. The number of methoxy groups -OCH3 is 1. The van der Waals surface area contributed by atoms with Crippen LogP contribution >= 0.6 is 11.6 Å². The largest absolute Gasteiger partial charge is 0.383 e. The average Bonchev–Trinajstić information content (AvgIpc) is 2.83. The predicted molar refractivity (Wildman–Crippen MR) is 73.0 cm³/mol. The van der Waals surface area contributed by atoms with Gasteiger partial charge in [0.2, 0.25) is 0 Å². The lowest BCUT2D eigenvalue weighted by molar-refractivity contribution is 0.0869. The summed E-state index contributed by atoms with van der Waals surface area (Å²) in [6, 6.07) is 4.75. The van der Waals surface area contributed by atoms with Gasteiger partial charge in [0.15, 0.2) is 0 Å². The van der Waals surface area contributed by atoms with Gasteiger partial charge in [0.1, 0.15) is 5.82 Å². The molecule has 0 aromatic heterocycles. The lowest BCUT2D eigenvalue weighted by Gasteiger charge is -2.21. The zero-order valence-corrected chi connectivity index (χ0v) is 11.8. The molecule has 0 bridgehead atoms. The molecule has 1 N–H and O–H groups in total. The normalized spacial score (nSPS) is 22.9. The monoisotopic (exact) mass is 287 g/mol. The lowest BCUT2D eigenvalue weighted by atomic mass is 9.95. The summed E-state index contributed by atoms with van der Waals surface area (Å²) in [5.74, 6) is -0.0486. The molecule has 1 aliphatic rings. The minimum atomic E-state index is -0.290. The first-order chi connectivity index (χ1) is 9.24. The molecule has 19 heavy (non-hydrogen) atoms. The fraction of sp³-hybridized carbons (Fsp3) is 0.571. The zero-order valence-electron chi connectivity index (χ0n) is 11.0. The van der Waals surface area contributed by atoms with Crippen molar-refractivity contribution >= 4 is 11.6 Å². The highest BCUT2D eigenvalue weighted by molar-refractivity contribution is 6.31. The molecule has 1 aliphatic heterocycles. The summed E-state index contributed by atoms with van der Waals surface area (Å²) in [6.45, 7) is 2.87. The zero-order chi connectivity index (χ0) is 13.7. The van der Waals surface area contributed by atoms with Crippen LogP contribution in [-0.2, 0) is 9.47 Å². The molecular weight excluding hydrogens is 269 g/mol. The molecule has 2 unspecified atom stereocenters. The number of hydrogen-bond acceptors (Lipinski definition) is 3. The van der Waals surface area contributed by atoms with E-state index in [1.54, 1.807) is 19.2 Å². The average molecular weight is 288 g/mol. The molecule has 0 saturated carbocycles. The van der Waals surface area contributed by atoms with Crippen molar-refractivity contribution in [1.82, 2.24) is 5.32 Å². The highest BCUT2D eigenvalue weighted by Gasteiger charge is 2.32. The fourth-order valence-electron chi connectivity index (χ4n) is 2.41. The van der Waals surface area contributed by atoms with Crippen LogP contribution in [0.3, 0.4) is 0 Å². The van der Waals surface area contributed by atoms with Gasteiger partial charge in [0.25, 0.3) is 0 Å². The van der Waals surface area contributed by atoms with Crippen molar-refractivity contribution in [1.29, 1.82) is 0 Å². The van der Waals surface area contributed by atoms with Crippen molar-refractivity contribution in [2.75, 3.05) is 33.4 Å². The Bertz CT molecular complexity index is 396. The molecule has 2 rings (SSSR count). The summed E-state index contributed by atoms with van der Waals surface area (Å²) in [6.07, 6.45) is 0.652. The van der Waals surface area contributed by atoms with Gasteiger partial charge >= 0.3 is 0 Å². The van der Waals surface area contributed by atoms with E-state index in [2.05, 4.69) is 5.32 Å². The van der Waals surface area contributed by atoms with Gasteiger partial charge in [-0.2, -0.15) is 0 Å². The van der Waals surface area contributed by atoms with Crippen molar-refractivity contribution in [2.45, 2.75) is 12.5 Å². The van der Waals surface area contributed by atoms with E-state index in [-0.39, 0.29) is 17.8 Å². The molecule has 0 amide bonds. The number of halogens is 2. The number of benzene rings is 1. The summed E-state index contributed by atoms with van der Waals surface area (Å²) in [4.78, 5) is 0. The Morgan fingerprint density at radius 2 is 2.37 bits per heavy atom. The Morgan fingerprint density at radius 3 is 3.11 bits per heavy atom. The highest BCUT2D eigenvalue weighted by atomic mass is 35.5. The standard InChI is InChI=1S/C14H19ClFNO2/c1-18-8-6-17-9-10-5-7-19-14(10)13-11(15)3-2-4-12(13)16/h2-4,10,14,17H,5-9H2,1H3. The third kappa shape index (κ3) is 3.66. The summed E-state index contributed by atoms with van der Waals surface area (Å²) in [7, 11) is 1.67. The minimum absolute atomic E-state index is 0.242. The Morgan fingerprint density at radius 1 is 1.53 bits per heavy atom. The van der Waals surface area contributed by atoms with E-state index in [1.807, 2.05) is 0 Å². The molecule has 0 aliphatic carbocycles. The lowest BCUT2D eigenvalue weighted by Crippen LogP contribution is -2.28. The second kappa shape index (κ2) is 7.20. The third-order valence-electron chi connectivity index (χ3n) is 3.39. The van der Waals surface area contributed by atoms with Crippen molar-refractivity contribution in [3.05, 3.63) is 34.6 Å². The first kappa shape index (κ1) is 14.7. The van der Waals surface area contributed by atoms with Crippen LogP contribution in [0.1, 0.15) is 18.1 Å². The summed E-state index contributed by atoms with van der Waals surface area (Å²) < 4.78 is 24.6. The molecular formula is C14H19ClFNO2. The maximum atomic E-state index is 13.9. The molecule has 5 heteroatoms. The maximum absolute atomic E-state index is 13.9. The molecule has 1 aromatic carbocycles. The van der Waals surface area contributed by atoms with Gasteiger partial charge in [-0.05, 0) is 18.6 Å². The van der Waals surface area contributed by atoms with E-state index in [4.69, 9.17) is 21.1 Å². The second-order valence-corrected chi connectivity index (χ2v) is 5.08. The van der Waals surface area contributed by atoms with Gasteiger partial charge < -0.3 is 14.8 Å². The third-order valence-corrected chi connectivity index (χ3v) is 3.72. The van der Waals surface area contributed by atoms with Crippen LogP contribution in [0.2, 0.25) is 5.02 Å². The van der Waals surface area contributed by atoms with E-state index in [0.717, 1.165) is 19.5 Å². The molecule has 0 spiro atoms. The second-order valence-electron chi connectivity index (χ2n) is 4.67. The molecule has 0 radical (unpaired) electrons. The first-order valence-electron chi connectivity index (χ1n) is 6.49. The van der Waals surface area contributed by atoms with Gasteiger partial charge in [0, 0.05) is 43.3 Å². The fourth-order valence-corrected chi connectivity index (χ4v) is 2.68. The molecule has 3 nitrogen and oxygen atoms in total. The van der Waals surface area contributed by atoms with Gasteiger partial charge in [-0.1, -0.05) is 17.7 Å². The Hall–Kier alpha value is -0.680. The number of rotatable bonds is 6. The first-order valence-corrected chi connectivity index (χ1v) is 6.87. The summed E-state index contributed by atoms with van der Waals surface area (Å²) >= 11 is 6.10. The van der Waals surface area contributed by atoms with Crippen molar-refractivity contribution in [2.24, 2.45) is 5.92 Å². The smallest absolute Gasteiger partial charge is 0.130 e. The van der Waals surface area contributed by atoms with E-state index in [0.29, 0.717) is 23.8 Å². The van der Waals surface area contributed by atoms with Gasteiger partial charge in [-0.3, -0.25) is 0 Å². The van der Waals surface area contributed by atoms with Crippen LogP contribution in [0, 0.1) is 11.7 Å². The topological polar surface area (TPSA) is 30.5 Å². The Balaban J connectivity index is 2.02. The number of ether oxygens (including phenoxy) is 2. The van der Waals surface area contributed by atoms with E-state index in [9.17, 15) is 4.39 Å². The van der Waals surface area contributed by atoms with Crippen molar-refractivity contribution in [3.8, 4) is 0 Å². The quantitative estimate of drug-likeness (QED) is 0.816. The van der Waals surface area contributed by atoms with E-state index >= 15 is 0 Å². The van der Waals surface area contributed by atoms with Gasteiger partial charge in [-0.25, -0.2) is 4.39 Å². The van der Waals surface area contributed by atoms with Crippen LogP contribution in [0.25, 0.3) is 0 Å². The van der Waals surface area contributed by atoms with Crippen LogP contribution < -0.4 is 5.32 Å². The van der Waals surface area contributed by atoms with Crippen molar-refractivity contribution in [3.63, 3.8) is 0 Å². The molecule has 2 atom stereocenters. The maximum Gasteiger partial charge on any atom is 0.130 e. The molecule has 1 heterocycles. The SMILES string of the molecule is COCCNCC1CCOC1c1c(F)cccc1Cl. The van der Waals surface area contributed by atoms with Gasteiger partial charge in [0.05, 0.1) is 12.7 Å². The molecule has 106 valence electrons. The summed E-state index contributed by atoms with van der Waals surface area (Å²) in [5.41, 5.74) is 0.486. The van der Waals surface area contributed by atoms with E-state index < -0.39 is 0 Å². The van der Waals surface area contributed by atoms with Gasteiger partial charge in [-0.15, -0.1) is 0 Å². The van der Waals surface area contributed by atoms with Crippen LogP contribution in [0.15, 0.2) is 18.2 Å². The van der Waals surface area contributed by atoms with Crippen LogP contribution in [-0.4, -0.2) is 33.4 Å². The number of hydrogen-bond donors (Lipinski definition) is 1. The molecule has 1 saturated heterocycles. The highest BCUT2D eigenvalue weighted by Crippen LogP contribution is 2.38. The Kier molecular flexibility index (Phi) is 5.58. The summed E-state index contributed by atoms with van der Waals surface area (Å²) in [5, 5.41) is 3.74. The molecule has 1 aromatic rings. The van der Waals surface area contributed by atoms with Crippen LogP contribution in [0.4, 0.5) is 4.39 Å². The van der Waals surface area contributed by atoms with Crippen LogP contribution in [0.5, 0.6) is 0 Å². The molecule has 1 fully saturated rings. The predicted octanol–water partition coefficient (Wildman–Crippen LogP) is 2.79. The van der Waals surface area contributed by atoms with Crippen molar-refractivity contribution < 1.29 is 13.9 Å². The van der Waals surface area contributed by atoms with E-state index in [1.165, 1.54) is 6.07 Å².